The Kier molecular flexibility index (Phi) is 5.29. The molecule has 2 aromatic heterocycles. The van der Waals surface area contributed by atoms with Gasteiger partial charge in [-0.25, -0.2) is 19.6 Å². The van der Waals surface area contributed by atoms with E-state index >= 15 is 0 Å². The van der Waals surface area contributed by atoms with Crippen LogP contribution < -0.4 is 5.32 Å². The molecule has 0 saturated carbocycles. The normalized spacial score (nSPS) is 10.2. The van der Waals surface area contributed by atoms with Crippen molar-refractivity contribution in [3.8, 4) is 0 Å². The summed E-state index contributed by atoms with van der Waals surface area (Å²) in [4.78, 5) is 32.3. The molecule has 0 spiro atoms. The van der Waals surface area contributed by atoms with Gasteiger partial charge in [0.25, 0.3) is 0 Å². The number of carbonyl (C=O) groups is 2. The van der Waals surface area contributed by atoms with Crippen LogP contribution in [-0.2, 0) is 9.47 Å². The zero-order valence-corrected chi connectivity index (χ0v) is 13.1. The van der Waals surface area contributed by atoms with Gasteiger partial charge in [-0.05, 0) is 26.8 Å². The molecule has 122 valence electrons. The second kappa shape index (κ2) is 7.39. The predicted molar refractivity (Wildman–Crippen MR) is 80.7 cm³/mol. The third-order valence-electron chi connectivity index (χ3n) is 2.83. The molecule has 2 aromatic rings. The van der Waals surface area contributed by atoms with Gasteiger partial charge < -0.3 is 13.9 Å². The number of carbonyl (C=O) groups excluding carboxylic acids is 2. The highest BCUT2D eigenvalue weighted by atomic mass is 16.5. The molecule has 0 aliphatic rings. The Balaban J connectivity index is 2.47. The summed E-state index contributed by atoms with van der Waals surface area (Å²) in [7, 11) is 0. The summed E-state index contributed by atoms with van der Waals surface area (Å²) in [6, 6.07) is 1.65. The molecule has 0 bridgehead atoms. The average Bonchev–Trinajstić information content (AvgIpc) is 2.85. The molecule has 1 N–H and O–H groups in total. The monoisotopic (exact) mass is 319 g/mol. The second-order valence-corrected chi connectivity index (χ2v) is 4.38. The molecule has 2 heterocycles. The maximum atomic E-state index is 12.2. The molecule has 0 aromatic carbocycles. The molecule has 8 heteroatoms. The summed E-state index contributed by atoms with van der Waals surface area (Å²) in [6.45, 7) is 5.24. The van der Waals surface area contributed by atoms with Gasteiger partial charge >= 0.3 is 11.9 Å². The highest BCUT2D eigenvalue weighted by Crippen LogP contribution is 2.30. The first-order valence-corrected chi connectivity index (χ1v) is 7.10. The van der Waals surface area contributed by atoms with Crippen molar-refractivity contribution in [2.24, 2.45) is 0 Å². The summed E-state index contributed by atoms with van der Waals surface area (Å²) in [5.41, 5.74) is -0.000941. The van der Waals surface area contributed by atoms with Crippen molar-refractivity contribution in [2.45, 2.75) is 20.8 Å². The zero-order valence-electron chi connectivity index (χ0n) is 13.1. The number of hydrogen-bond acceptors (Lipinski definition) is 8. The van der Waals surface area contributed by atoms with Crippen molar-refractivity contribution in [1.82, 2.24) is 9.97 Å². The van der Waals surface area contributed by atoms with Gasteiger partial charge in [-0.15, -0.1) is 0 Å². The Morgan fingerprint density at radius 3 is 2.22 bits per heavy atom. The van der Waals surface area contributed by atoms with Crippen LogP contribution in [0, 0.1) is 6.92 Å². The Labute approximate surface area is 132 Å². The number of nitrogens with one attached hydrogen (secondary N) is 1. The Bertz CT molecular complexity index is 697. The van der Waals surface area contributed by atoms with Crippen LogP contribution in [-0.4, -0.2) is 35.1 Å². The SMILES string of the molecule is CCOC(=O)c1c(C)oc(Nc2ncccn2)c1C(=O)OCC. The lowest BCUT2D eigenvalue weighted by Crippen LogP contribution is -2.14. The number of furan rings is 1. The number of hydrogen-bond donors (Lipinski definition) is 1. The fourth-order valence-corrected chi connectivity index (χ4v) is 1.94. The van der Waals surface area contributed by atoms with Crippen LogP contribution in [0.2, 0.25) is 0 Å². The van der Waals surface area contributed by atoms with Crippen molar-refractivity contribution >= 4 is 23.8 Å². The van der Waals surface area contributed by atoms with Crippen molar-refractivity contribution in [2.75, 3.05) is 18.5 Å². The van der Waals surface area contributed by atoms with Gasteiger partial charge in [0.15, 0.2) is 0 Å². The minimum Gasteiger partial charge on any atom is -0.462 e. The standard InChI is InChI=1S/C15H17N3O5/c1-4-21-13(19)10-9(3)23-12(11(10)14(20)22-5-2)18-15-16-7-6-8-17-15/h6-8H,4-5H2,1-3H3,(H,16,17,18). The summed E-state index contributed by atoms with van der Waals surface area (Å²) >= 11 is 0. The molecular weight excluding hydrogens is 302 g/mol. The van der Waals surface area contributed by atoms with Gasteiger partial charge in [-0.3, -0.25) is 5.32 Å². The third kappa shape index (κ3) is 3.65. The number of anilines is 2. The van der Waals surface area contributed by atoms with E-state index in [0.717, 1.165) is 0 Å². The van der Waals surface area contributed by atoms with Gasteiger partial charge in [-0.1, -0.05) is 0 Å². The summed E-state index contributed by atoms with van der Waals surface area (Å²) in [6.07, 6.45) is 3.06. The van der Waals surface area contributed by atoms with Crippen LogP contribution in [0.3, 0.4) is 0 Å². The quantitative estimate of drug-likeness (QED) is 0.810. The summed E-state index contributed by atoms with van der Waals surface area (Å²) in [5, 5.41) is 2.77. The highest BCUT2D eigenvalue weighted by molar-refractivity contribution is 6.07. The van der Waals surface area contributed by atoms with E-state index in [-0.39, 0.29) is 41.9 Å². The van der Waals surface area contributed by atoms with Crippen LogP contribution in [0.5, 0.6) is 0 Å². The van der Waals surface area contributed by atoms with Gasteiger partial charge in [0, 0.05) is 12.4 Å². The van der Waals surface area contributed by atoms with Crippen molar-refractivity contribution < 1.29 is 23.5 Å². The predicted octanol–water partition coefficient (Wildman–Crippen LogP) is 2.48. The molecule has 0 fully saturated rings. The number of rotatable bonds is 6. The fourth-order valence-electron chi connectivity index (χ4n) is 1.94. The highest BCUT2D eigenvalue weighted by Gasteiger charge is 2.30. The Hall–Kier alpha value is -2.90. The molecule has 23 heavy (non-hydrogen) atoms. The van der Waals surface area contributed by atoms with E-state index < -0.39 is 11.9 Å². The van der Waals surface area contributed by atoms with E-state index in [2.05, 4.69) is 15.3 Å². The minimum absolute atomic E-state index is 0.0312. The first-order valence-electron chi connectivity index (χ1n) is 7.10. The lowest BCUT2D eigenvalue weighted by molar-refractivity contribution is 0.0480. The average molecular weight is 319 g/mol. The minimum atomic E-state index is -0.689. The Morgan fingerprint density at radius 2 is 1.65 bits per heavy atom. The van der Waals surface area contributed by atoms with Gasteiger partial charge in [-0.2, -0.15) is 0 Å². The second-order valence-electron chi connectivity index (χ2n) is 4.38. The number of esters is 2. The van der Waals surface area contributed by atoms with Crippen LogP contribution >= 0.6 is 0 Å². The molecule has 0 aliphatic carbocycles. The topological polar surface area (TPSA) is 104 Å². The molecule has 0 radical (unpaired) electrons. The molecule has 0 saturated heterocycles. The smallest absolute Gasteiger partial charge is 0.344 e. The zero-order chi connectivity index (χ0) is 16.8. The van der Waals surface area contributed by atoms with Crippen molar-refractivity contribution in [3.05, 3.63) is 35.3 Å². The maximum absolute atomic E-state index is 12.2. The van der Waals surface area contributed by atoms with E-state index in [4.69, 9.17) is 13.9 Å². The van der Waals surface area contributed by atoms with Gasteiger partial charge in [0.1, 0.15) is 16.9 Å². The molecule has 2 rings (SSSR count). The lowest BCUT2D eigenvalue weighted by Gasteiger charge is -2.06. The van der Waals surface area contributed by atoms with Crippen molar-refractivity contribution in [3.63, 3.8) is 0 Å². The number of nitrogens with zero attached hydrogens (tertiary/aromatic N) is 2. The van der Waals surface area contributed by atoms with Crippen LogP contribution in [0.1, 0.15) is 40.3 Å². The van der Waals surface area contributed by atoms with Crippen LogP contribution in [0.15, 0.2) is 22.9 Å². The number of aryl methyl sites for hydroxylation is 1. The maximum Gasteiger partial charge on any atom is 0.344 e. The summed E-state index contributed by atoms with van der Waals surface area (Å²) < 4.78 is 15.5. The van der Waals surface area contributed by atoms with E-state index in [1.165, 1.54) is 12.4 Å². The molecule has 0 amide bonds. The van der Waals surface area contributed by atoms with Crippen LogP contribution in [0.4, 0.5) is 11.8 Å². The molecule has 8 nitrogen and oxygen atoms in total. The van der Waals surface area contributed by atoms with E-state index in [1.54, 1.807) is 26.8 Å². The molecule has 0 unspecified atom stereocenters. The number of ether oxygens (including phenoxy) is 2. The van der Waals surface area contributed by atoms with Crippen LogP contribution in [0.25, 0.3) is 0 Å². The lowest BCUT2D eigenvalue weighted by atomic mass is 10.1. The first-order chi connectivity index (χ1) is 11.1. The largest absolute Gasteiger partial charge is 0.462 e. The summed E-state index contributed by atoms with van der Waals surface area (Å²) in [5.74, 6) is -0.841. The van der Waals surface area contributed by atoms with E-state index in [9.17, 15) is 9.59 Å². The Morgan fingerprint density at radius 1 is 1.09 bits per heavy atom. The molecular formula is C15H17N3O5. The first kappa shape index (κ1) is 16.5. The molecule has 0 atom stereocenters. The van der Waals surface area contributed by atoms with Crippen molar-refractivity contribution in [1.29, 1.82) is 0 Å². The fraction of sp³-hybridized carbons (Fsp3) is 0.333. The third-order valence-corrected chi connectivity index (χ3v) is 2.83. The molecule has 0 aliphatic heterocycles. The van der Waals surface area contributed by atoms with E-state index in [0.29, 0.717) is 0 Å². The van der Waals surface area contributed by atoms with Gasteiger partial charge in [0.05, 0.1) is 13.2 Å². The number of aromatic nitrogens is 2. The van der Waals surface area contributed by atoms with E-state index in [1.807, 2.05) is 0 Å². The van der Waals surface area contributed by atoms with Gasteiger partial charge in [0.2, 0.25) is 11.8 Å².